The molecule has 2 aromatic rings. The monoisotopic (exact) mass is 410 g/mol. The van der Waals surface area contributed by atoms with Gasteiger partial charge in [-0.3, -0.25) is 4.79 Å². The summed E-state index contributed by atoms with van der Waals surface area (Å²) in [6.07, 6.45) is 10.1. The highest BCUT2D eigenvalue weighted by molar-refractivity contribution is 5.66. The van der Waals surface area contributed by atoms with Crippen molar-refractivity contribution < 1.29 is 14.6 Å². The fourth-order valence-electron chi connectivity index (χ4n) is 3.13. The van der Waals surface area contributed by atoms with Crippen molar-refractivity contribution in [2.75, 3.05) is 6.61 Å². The number of hydrogen-bond donors (Lipinski definition) is 1. The number of aryl methyl sites for hydroxylation is 1. The van der Waals surface area contributed by atoms with E-state index in [2.05, 4.69) is 29.3 Å². The summed E-state index contributed by atoms with van der Waals surface area (Å²) < 4.78 is 5.72. The van der Waals surface area contributed by atoms with Crippen molar-refractivity contribution >= 4 is 17.3 Å². The zero-order chi connectivity index (χ0) is 21.4. The van der Waals surface area contributed by atoms with Crippen molar-refractivity contribution in [3.05, 3.63) is 54.1 Å². The summed E-state index contributed by atoms with van der Waals surface area (Å²) in [5.74, 6) is 0.0882. The van der Waals surface area contributed by atoms with Gasteiger partial charge < -0.3 is 9.84 Å². The quantitative estimate of drug-likeness (QED) is 0.242. The van der Waals surface area contributed by atoms with Crippen molar-refractivity contribution in [3.8, 4) is 5.75 Å². The molecule has 0 aliphatic carbocycles. The molecule has 0 aromatic heterocycles. The van der Waals surface area contributed by atoms with E-state index in [9.17, 15) is 4.79 Å². The fourth-order valence-corrected chi connectivity index (χ4v) is 3.13. The van der Waals surface area contributed by atoms with E-state index in [1.807, 2.05) is 36.4 Å². The van der Waals surface area contributed by atoms with Crippen molar-refractivity contribution in [1.29, 1.82) is 0 Å². The molecule has 0 unspecified atom stereocenters. The molecule has 0 amide bonds. The molecular formula is C25H34N2O3. The average Bonchev–Trinajstić information content (AvgIpc) is 2.76. The molecule has 0 saturated carbocycles. The lowest BCUT2D eigenvalue weighted by Crippen LogP contribution is -1.98. The van der Waals surface area contributed by atoms with Crippen LogP contribution in [0.5, 0.6) is 5.75 Å². The first-order valence-electron chi connectivity index (χ1n) is 11.1. The van der Waals surface area contributed by atoms with Crippen LogP contribution in [0.4, 0.5) is 11.4 Å². The van der Waals surface area contributed by atoms with Crippen LogP contribution in [0.1, 0.15) is 70.3 Å². The van der Waals surface area contributed by atoms with E-state index in [0.717, 1.165) is 49.2 Å². The van der Waals surface area contributed by atoms with Crippen LogP contribution in [0.25, 0.3) is 0 Å². The molecule has 2 rings (SSSR count). The number of hydrogen-bond acceptors (Lipinski definition) is 4. The second kappa shape index (κ2) is 14.3. The molecule has 0 bridgehead atoms. The Morgan fingerprint density at radius 3 is 2.03 bits per heavy atom. The molecular weight excluding hydrogens is 376 g/mol. The number of benzene rings is 2. The maximum absolute atomic E-state index is 10.5. The van der Waals surface area contributed by atoms with Gasteiger partial charge in [-0.15, -0.1) is 0 Å². The van der Waals surface area contributed by atoms with Crippen LogP contribution in [-0.4, -0.2) is 17.7 Å². The van der Waals surface area contributed by atoms with Crippen LogP contribution in [0.3, 0.4) is 0 Å². The van der Waals surface area contributed by atoms with E-state index in [1.54, 1.807) is 0 Å². The molecule has 2 aromatic carbocycles. The number of nitrogens with zero attached hydrogens (tertiary/aromatic N) is 2. The number of ether oxygens (including phenoxy) is 1. The molecule has 0 spiro atoms. The normalized spacial score (nSPS) is 11.1. The van der Waals surface area contributed by atoms with Gasteiger partial charge >= 0.3 is 5.97 Å². The molecule has 0 aliphatic rings. The van der Waals surface area contributed by atoms with Gasteiger partial charge in [0.2, 0.25) is 0 Å². The summed E-state index contributed by atoms with van der Waals surface area (Å²) in [4.78, 5) is 10.5. The molecule has 0 radical (unpaired) electrons. The third kappa shape index (κ3) is 10.2. The number of unbranched alkanes of at least 4 members (excludes halogenated alkanes) is 6. The zero-order valence-electron chi connectivity index (χ0n) is 18.1. The Labute approximate surface area is 180 Å². The maximum atomic E-state index is 10.5. The Morgan fingerprint density at radius 2 is 1.40 bits per heavy atom. The van der Waals surface area contributed by atoms with E-state index < -0.39 is 5.97 Å². The van der Waals surface area contributed by atoms with E-state index in [0.29, 0.717) is 6.61 Å². The van der Waals surface area contributed by atoms with Crippen molar-refractivity contribution in [2.45, 2.75) is 71.1 Å². The molecule has 0 aliphatic heterocycles. The second-order valence-corrected chi connectivity index (χ2v) is 7.58. The number of azo groups is 1. The molecule has 162 valence electrons. The van der Waals surface area contributed by atoms with Crippen LogP contribution >= 0.6 is 0 Å². The highest BCUT2D eigenvalue weighted by Crippen LogP contribution is 2.22. The minimum Gasteiger partial charge on any atom is -0.494 e. The fraction of sp³-hybridized carbons (Fsp3) is 0.480. The van der Waals surface area contributed by atoms with E-state index >= 15 is 0 Å². The molecule has 0 heterocycles. The van der Waals surface area contributed by atoms with Crippen molar-refractivity contribution in [3.63, 3.8) is 0 Å². The predicted molar refractivity (Wildman–Crippen MR) is 121 cm³/mol. The van der Waals surface area contributed by atoms with Gasteiger partial charge in [0, 0.05) is 6.42 Å². The Kier molecular flexibility index (Phi) is 11.3. The largest absolute Gasteiger partial charge is 0.494 e. The Bertz CT molecular complexity index is 755. The first kappa shape index (κ1) is 23.6. The smallest absolute Gasteiger partial charge is 0.303 e. The number of aliphatic carboxylic acids is 1. The van der Waals surface area contributed by atoms with Crippen molar-refractivity contribution in [1.82, 2.24) is 0 Å². The van der Waals surface area contributed by atoms with Gasteiger partial charge in [0.25, 0.3) is 0 Å². The summed E-state index contributed by atoms with van der Waals surface area (Å²) in [7, 11) is 0. The highest BCUT2D eigenvalue weighted by atomic mass is 16.5. The topological polar surface area (TPSA) is 71.2 Å². The van der Waals surface area contributed by atoms with Crippen LogP contribution in [-0.2, 0) is 11.2 Å². The third-order valence-electron chi connectivity index (χ3n) is 4.93. The summed E-state index contributed by atoms with van der Waals surface area (Å²) in [5, 5.41) is 17.2. The van der Waals surface area contributed by atoms with Crippen LogP contribution < -0.4 is 4.74 Å². The molecule has 0 atom stereocenters. The number of rotatable bonds is 15. The van der Waals surface area contributed by atoms with Gasteiger partial charge in [-0.25, -0.2) is 0 Å². The molecule has 0 saturated heterocycles. The first-order valence-corrected chi connectivity index (χ1v) is 11.1. The summed E-state index contributed by atoms with van der Waals surface area (Å²) in [6, 6.07) is 15.9. The molecule has 30 heavy (non-hydrogen) atoms. The molecule has 1 N–H and O–H groups in total. The van der Waals surface area contributed by atoms with Crippen LogP contribution in [0.15, 0.2) is 58.8 Å². The summed E-state index contributed by atoms with van der Waals surface area (Å²) >= 11 is 0. The number of carboxylic acids is 1. The lowest BCUT2D eigenvalue weighted by molar-refractivity contribution is -0.137. The average molecular weight is 411 g/mol. The summed E-state index contributed by atoms with van der Waals surface area (Å²) in [5.41, 5.74) is 3.00. The van der Waals surface area contributed by atoms with Gasteiger partial charge in [0.15, 0.2) is 0 Å². The SMILES string of the molecule is CCCCCCc1ccc(N=Nc2ccc(OCCCCCCC(=O)O)cc2)cc1. The standard InChI is InChI=1S/C25H34N2O3/c1-2-3-4-7-10-21-12-14-22(15-13-21)26-27-23-16-18-24(19-17-23)30-20-9-6-5-8-11-25(28)29/h12-19H,2-11,20H2,1H3,(H,28,29). The van der Waals surface area contributed by atoms with Gasteiger partial charge in [-0.1, -0.05) is 51.2 Å². The zero-order valence-corrected chi connectivity index (χ0v) is 18.1. The van der Waals surface area contributed by atoms with Crippen LogP contribution in [0, 0.1) is 0 Å². The minimum absolute atomic E-state index is 0.250. The molecule has 0 fully saturated rings. The van der Waals surface area contributed by atoms with Gasteiger partial charge in [0.1, 0.15) is 5.75 Å². The number of carboxylic acid groups (broad SMARTS) is 1. The molecule has 5 heteroatoms. The number of carbonyl (C=O) groups is 1. The Morgan fingerprint density at radius 1 is 0.800 bits per heavy atom. The van der Waals surface area contributed by atoms with Gasteiger partial charge in [-0.05, 0) is 67.6 Å². The Balaban J connectivity index is 1.68. The first-order chi connectivity index (χ1) is 14.7. The lowest BCUT2D eigenvalue weighted by Gasteiger charge is -2.06. The van der Waals surface area contributed by atoms with Gasteiger partial charge in [0.05, 0.1) is 18.0 Å². The van der Waals surface area contributed by atoms with E-state index in [4.69, 9.17) is 9.84 Å². The second-order valence-electron chi connectivity index (χ2n) is 7.58. The Hall–Kier alpha value is -2.69. The van der Waals surface area contributed by atoms with Gasteiger partial charge in [-0.2, -0.15) is 10.2 Å². The predicted octanol–water partition coefficient (Wildman–Crippen LogP) is 7.64. The lowest BCUT2D eigenvalue weighted by atomic mass is 10.1. The molecule has 5 nitrogen and oxygen atoms in total. The van der Waals surface area contributed by atoms with Crippen LogP contribution in [0.2, 0.25) is 0 Å². The highest BCUT2D eigenvalue weighted by Gasteiger charge is 1.99. The maximum Gasteiger partial charge on any atom is 0.303 e. The van der Waals surface area contributed by atoms with E-state index in [-0.39, 0.29) is 6.42 Å². The summed E-state index contributed by atoms with van der Waals surface area (Å²) in [6.45, 7) is 2.87. The third-order valence-corrected chi connectivity index (χ3v) is 4.93. The van der Waals surface area contributed by atoms with E-state index in [1.165, 1.54) is 31.2 Å². The van der Waals surface area contributed by atoms with Crippen molar-refractivity contribution in [2.24, 2.45) is 10.2 Å². The minimum atomic E-state index is -0.724.